The summed E-state index contributed by atoms with van der Waals surface area (Å²) in [5.41, 5.74) is 16.7. The Morgan fingerprint density at radius 2 is 1.79 bits per heavy atom. The molecule has 1 aliphatic heterocycles. The minimum atomic E-state index is -0.269. The van der Waals surface area contributed by atoms with Crippen molar-refractivity contribution in [1.82, 2.24) is 15.0 Å². The van der Waals surface area contributed by atoms with Crippen molar-refractivity contribution < 1.29 is 14.3 Å². The third-order valence-corrected chi connectivity index (χ3v) is 6.49. The Bertz CT molecular complexity index is 1570. The Kier molecular flexibility index (Phi) is 7.22. The van der Waals surface area contributed by atoms with E-state index in [9.17, 15) is 4.79 Å². The summed E-state index contributed by atoms with van der Waals surface area (Å²) >= 11 is 0. The van der Waals surface area contributed by atoms with Crippen molar-refractivity contribution in [2.45, 2.75) is 12.5 Å². The highest BCUT2D eigenvalue weighted by atomic mass is 16.5. The van der Waals surface area contributed by atoms with Crippen LogP contribution in [0.2, 0.25) is 0 Å². The first-order valence-electron chi connectivity index (χ1n) is 12.3. The Hall–Kier alpha value is -5.18. The van der Waals surface area contributed by atoms with Crippen LogP contribution in [0, 0.1) is 0 Å². The minimum absolute atomic E-state index is 0.0985. The van der Waals surface area contributed by atoms with Crippen molar-refractivity contribution in [2.75, 3.05) is 25.7 Å². The van der Waals surface area contributed by atoms with E-state index in [0.717, 1.165) is 22.3 Å². The Labute approximate surface area is 226 Å². The number of benzene rings is 3. The molecule has 0 bridgehead atoms. The molecule has 0 unspecified atom stereocenters. The maximum atomic E-state index is 13.6. The first kappa shape index (κ1) is 25.5. The second-order valence-electron chi connectivity index (χ2n) is 8.94. The number of hydrogen-bond acceptors (Lipinski definition) is 9. The zero-order chi connectivity index (χ0) is 27.4. The summed E-state index contributed by atoms with van der Waals surface area (Å²) in [4.78, 5) is 21.6. The summed E-state index contributed by atoms with van der Waals surface area (Å²) < 4.78 is 11.1. The van der Waals surface area contributed by atoms with Crippen molar-refractivity contribution >= 4 is 23.8 Å². The molecule has 1 aliphatic rings. The molecule has 4 N–H and O–H groups in total. The van der Waals surface area contributed by atoms with E-state index in [1.165, 1.54) is 20.3 Å². The largest absolute Gasteiger partial charge is 0.493 e. The zero-order valence-corrected chi connectivity index (χ0v) is 21.6. The second-order valence-corrected chi connectivity index (χ2v) is 8.94. The van der Waals surface area contributed by atoms with Crippen LogP contribution in [0.4, 0.5) is 11.8 Å². The van der Waals surface area contributed by atoms with Gasteiger partial charge in [0.1, 0.15) is 11.9 Å². The molecule has 39 heavy (non-hydrogen) atoms. The van der Waals surface area contributed by atoms with Crippen LogP contribution in [0.15, 0.2) is 90.3 Å². The number of hydrazone groups is 1. The van der Waals surface area contributed by atoms with Crippen molar-refractivity contribution in [2.24, 2.45) is 5.10 Å². The highest BCUT2D eigenvalue weighted by molar-refractivity contribution is 6.07. The van der Waals surface area contributed by atoms with Crippen molar-refractivity contribution in [3.8, 4) is 11.5 Å². The van der Waals surface area contributed by atoms with Gasteiger partial charge in [-0.15, -0.1) is 0 Å². The Balaban J connectivity index is 1.49. The fraction of sp³-hybridized carbons (Fsp3) is 0.133. The SMILES string of the molecule is COc1cc(Cc2cnc(N)nc2N)cc(C(=O)/C=C/N2N=Cc3ccccc3[C@H]2c2ccccc2)c1OC. The number of rotatable bonds is 8. The highest BCUT2D eigenvalue weighted by Crippen LogP contribution is 2.36. The number of aromatic nitrogens is 2. The van der Waals surface area contributed by atoms with E-state index in [4.69, 9.17) is 20.9 Å². The van der Waals surface area contributed by atoms with Crippen LogP contribution >= 0.6 is 0 Å². The number of anilines is 2. The smallest absolute Gasteiger partial charge is 0.221 e. The number of nitrogen functional groups attached to an aromatic ring is 2. The summed E-state index contributed by atoms with van der Waals surface area (Å²) in [5.74, 6) is 0.870. The quantitative estimate of drug-likeness (QED) is 0.259. The van der Waals surface area contributed by atoms with Crippen molar-refractivity contribution in [3.05, 3.63) is 119 Å². The van der Waals surface area contributed by atoms with Crippen LogP contribution in [-0.4, -0.2) is 41.2 Å². The molecule has 1 aromatic heterocycles. The lowest BCUT2D eigenvalue weighted by molar-refractivity contribution is 0.104. The van der Waals surface area contributed by atoms with Crippen molar-refractivity contribution in [3.63, 3.8) is 0 Å². The van der Waals surface area contributed by atoms with Gasteiger partial charge in [0.25, 0.3) is 0 Å². The van der Waals surface area contributed by atoms with E-state index in [-0.39, 0.29) is 23.6 Å². The van der Waals surface area contributed by atoms with Gasteiger partial charge in [-0.2, -0.15) is 10.1 Å². The monoisotopic (exact) mass is 520 g/mol. The molecule has 0 aliphatic carbocycles. The molecule has 3 aromatic carbocycles. The van der Waals surface area contributed by atoms with Gasteiger partial charge in [-0.3, -0.25) is 9.80 Å². The standard InChI is InChI=1S/C30H28N6O3/c1-38-26-16-19(14-22-17-33-30(32)35-29(22)31)15-24(28(26)39-2)25(37)12-13-36-27(20-8-4-3-5-9-20)23-11-7-6-10-21(23)18-34-36/h3-13,15-18,27H,14H2,1-2H3,(H4,31,32,33,35)/b13-12+/t27-/m1/s1. The summed E-state index contributed by atoms with van der Waals surface area (Å²) in [6, 6.07) is 21.5. The number of fused-ring (bicyclic) bond motifs is 1. The average Bonchev–Trinajstić information content (AvgIpc) is 2.96. The molecule has 0 fully saturated rings. The molecular formula is C30H28N6O3. The van der Waals surface area contributed by atoms with Gasteiger partial charge in [-0.25, -0.2) is 4.98 Å². The van der Waals surface area contributed by atoms with E-state index >= 15 is 0 Å². The lowest BCUT2D eigenvalue weighted by Crippen LogP contribution is -2.25. The molecular weight excluding hydrogens is 492 g/mol. The summed E-state index contributed by atoms with van der Waals surface area (Å²) in [5, 5.41) is 6.42. The Morgan fingerprint density at radius 1 is 1.03 bits per heavy atom. The zero-order valence-electron chi connectivity index (χ0n) is 21.6. The second kappa shape index (κ2) is 11.1. The molecule has 9 heteroatoms. The van der Waals surface area contributed by atoms with Gasteiger partial charge >= 0.3 is 0 Å². The van der Waals surface area contributed by atoms with Gasteiger partial charge in [0.05, 0.1) is 26.0 Å². The first-order chi connectivity index (χ1) is 19.0. The van der Waals surface area contributed by atoms with Crippen LogP contribution in [0.1, 0.15) is 44.2 Å². The lowest BCUT2D eigenvalue weighted by atomic mass is 9.93. The molecule has 9 nitrogen and oxygen atoms in total. The maximum Gasteiger partial charge on any atom is 0.221 e. The number of nitrogens with two attached hydrogens (primary N) is 2. The molecule has 0 saturated heterocycles. The van der Waals surface area contributed by atoms with Gasteiger partial charge in [0.2, 0.25) is 5.95 Å². The lowest BCUT2D eigenvalue weighted by Gasteiger charge is -2.31. The number of methoxy groups -OCH3 is 2. The molecule has 0 radical (unpaired) electrons. The van der Waals surface area contributed by atoms with Crippen molar-refractivity contribution in [1.29, 1.82) is 0 Å². The number of ether oxygens (including phenoxy) is 2. The molecule has 4 aromatic rings. The highest BCUT2D eigenvalue weighted by Gasteiger charge is 2.25. The number of allylic oxidation sites excluding steroid dienone is 1. The van der Waals surface area contributed by atoms with E-state index in [0.29, 0.717) is 29.0 Å². The molecule has 0 amide bonds. The van der Waals surface area contributed by atoms with Crippen LogP contribution in [0.5, 0.6) is 11.5 Å². The third-order valence-electron chi connectivity index (χ3n) is 6.49. The van der Waals surface area contributed by atoms with E-state index in [1.54, 1.807) is 35.8 Å². The van der Waals surface area contributed by atoms with Gasteiger partial charge in [-0.05, 0) is 28.8 Å². The minimum Gasteiger partial charge on any atom is -0.493 e. The predicted octanol–water partition coefficient (Wildman–Crippen LogP) is 4.38. The number of carbonyl (C=O) groups is 1. The maximum absolute atomic E-state index is 13.6. The normalized spacial score (nSPS) is 14.3. The van der Waals surface area contributed by atoms with Gasteiger partial charge < -0.3 is 20.9 Å². The number of ketones is 1. The molecule has 1 atom stereocenters. The topological polar surface area (TPSA) is 129 Å². The van der Waals surface area contributed by atoms with Crippen LogP contribution in [-0.2, 0) is 6.42 Å². The number of hydrogen-bond donors (Lipinski definition) is 2. The van der Waals surface area contributed by atoms with Crippen LogP contribution in [0.3, 0.4) is 0 Å². The van der Waals surface area contributed by atoms with E-state index < -0.39 is 0 Å². The molecule has 0 saturated carbocycles. The average molecular weight is 521 g/mol. The predicted molar refractivity (Wildman–Crippen MR) is 151 cm³/mol. The summed E-state index contributed by atoms with van der Waals surface area (Å²) in [7, 11) is 3.03. The van der Waals surface area contributed by atoms with Gasteiger partial charge in [0.15, 0.2) is 17.3 Å². The summed E-state index contributed by atoms with van der Waals surface area (Å²) in [6.07, 6.45) is 6.93. The van der Waals surface area contributed by atoms with Gasteiger partial charge in [0, 0.05) is 36.0 Å². The molecule has 196 valence electrons. The van der Waals surface area contributed by atoms with Crippen LogP contribution < -0.4 is 20.9 Å². The molecule has 5 rings (SSSR count). The molecule has 0 spiro atoms. The van der Waals surface area contributed by atoms with Crippen LogP contribution in [0.25, 0.3) is 0 Å². The summed E-state index contributed by atoms with van der Waals surface area (Å²) in [6.45, 7) is 0. The van der Waals surface area contributed by atoms with E-state index in [1.807, 2.05) is 36.4 Å². The fourth-order valence-corrected chi connectivity index (χ4v) is 4.64. The first-order valence-corrected chi connectivity index (χ1v) is 12.3. The third kappa shape index (κ3) is 5.28. The fourth-order valence-electron chi connectivity index (χ4n) is 4.64. The van der Waals surface area contributed by atoms with Gasteiger partial charge in [-0.1, -0.05) is 54.6 Å². The number of carbonyl (C=O) groups excluding carboxylic acids is 1. The molecule has 2 heterocycles. The number of nitrogens with zero attached hydrogens (tertiary/aromatic N) is 4. The van der Waals surface area contributed by atoms with E-state index in [2.05, 4.69) is 33.3 Å². The Morgan fingerprint density at radius 3 is 2.54 bits per heavy atom.